The van der Waals surface area contributed by atoms with Crippen LogP contribution in [-0.2, 0) is 32.7 Å². The number of phosphoric acid groups is 1. The molecule has 10 heteroatoms. The van der Waals surface area contributed by atoms with Crippen LogP contribution in [-0.4, -0.2) is 74.9 Å². The van der Waals surface area contributed by atoms with Crippen molar-refractivity contribution >= 4 is 19.8 Å². The number of allylic oxidation sites excluding steroid dienone is 14. The fourth-order valence-electron chi connectivity index (χ4n) is 9.17. The summed E-state index contributed by atoms with van der Waals surface area (Å²) in [5.41, 5.74) is 0. The number of hydrogen-bond acceptors (Lipinski definition) is 7. The van der Waals surface area contributed by atoms with Crippen LogP contribution in [0, 0.1) is 0 Å². The molecule has 0 aromatic carbocycles. The number of likely N-dealkylation sites (N-methyl/N-ethyl adjacent to an activating group) is 1. The number of unbranched alkanes of at least 4 members (excludes halogenated alkanes) is 32. The molecule has 0 rings (SSSR count). The topological polar surface area (TPSA) is 108 Å². The summed E-state index contributed by atoms with van der Waals surface area (Å²) in [4.78, 5) is 35.8. The van der Waals surface area contributed by atoms with Gasteiger partial charge in [-0.1, -0.05) is 292 Å². The van der Waals surface area contributed by atoms with Crippen LogP contribution in [0.5, 0.6) is 0 Å². The molecule has 0 aromatic rings. The van der Waals surface area contributed by atoms with E-state index in [4.69, 9.17) is 18.5 Å². The zero-order valence-electron chi connectivity index (χ0n) is 52.1. The zero-order valence-corrected chi connectivity index (χ0v) is 53.0. The van der Waals surface area contributed by atoms with Crippen molar-refractivity contribution in [2.75, 3.05) is 47.5 Å². The number of nitrogens with zero attached hydrogens (tertiary/aromatic N) is 1. The highest BCUT2D eigenvalue weighted by Gasteiger charge is 2.27. The van der Waals surface area contributed by atoms with Gasteiger partial charge in [0.1, 0.15) is 19.8 Å². The lowest BCUT2D eigenvalue weighted by Crippen LogP contribution is -2.37. The van der Waals surface area contributed by atoms with Crippen molar-refractivity contribution < 1.29 is 42.1 Å². The van der Waals surface area contributed by atoms with Gasteiger partial charge in [0.05, 0.1) is 27.7 Å². The first-order chi connectivity index (χ1) is 38.5. The van der Waals surface area contributed by atoms with Gasteiger partial charge in [0, 0.05) is 12.8 Å². The molecule has 1 N–H and O–H groups in total. The van der Waals surface area contributed by atoms with E-state index in [0.29, 0.717) is 23.9 Å². The molecule has 79 heavy (non-hydrogen) atoms. The second-order valence-electron chi connectivity index (χ2n) is 23.1. The van der Waals surface area contributed by atoms with Crippen LogP contribution in [0.1, 0.15) is 290 Å². The van der Waals surface area contributed by atoms with Crippen molar-refractivity contribution in [3.05, 3.63) is 85.1 Å². The molecule has 9 nitrogen and oxygen atoms in total. The predicted octanol–water partition coefficient (Wildman–Crippen LogP) is 21.0. The smallest absolute Gasteiger partial charge is 0.462 e. The standard InChI is InChI=1S/C69H124NO8P/c1-6-8-10-12-14-16-18-20-22-24-26-28-30-31-32-33-34-35-36-37-38-39-40-42-44-46-48-50-52-54-56-58-60-62-69(72)78-67(66-77-79(73,74)76-64-63-70(3,4)5)65-75-68(71)61-59-57-55-53-51-49-47-45-43-41-29-27-25-23-21-19-17-15-13-11-9-7-2/h8,10,14,16,20,22,26,28,31-32,34-35,37-38,67H,6-7,9,11-13,15,17-19,21,23-25,27,29-30,33,36,39-66H2,1-5H3/p+1/b10-8-,16-14-,22-20-,28-26-,32-31-,35-34-,38-37-. The molecule has 0 heterocycles. The van der Waals surface area contributed by atoms with Gasteiger partial charge in [-0.15, -0.1) is 0 Å². The fraction of sp³-hybridized carbons (Fsp3) is 0.768. The Morgan fingerprint density at radius 1 is 0.405 bits per heavy atom. The van der Waals surface area contributed by atoms with Crippen molar-refractivity contribution in [2.24, 2.45) is 0 Å². The molecule has 0 aromatic heterocycles. The van der Waals surface area contributed by atoms with Crippen LogP contribution < -0.4 is 0 Å². The Morgan fingerprint density at radius 3 is 1.08 bits per heavy atom. The van der Waals surface area contributed by atoms with Gasteiger partial charge in [0.2, 0.25) is 0 Å². The Bertz CT molecular complexity index is 1610. The lowest BCUT2D eigenvalue weighted by Gasteiger charge is -2.24. The number of phosphoric ester groups is 1. The van der Waals surface area contributed by atoms with Crippen molar-refractivity contribution in [1.82, 2.24) is 0 Å². The third-order valence-electron chi connectivity index (χ3n) is 14.2. The van der Waals surface area contributed by atoms with E-state index in [1.807, 2.05) is 21.1 Å². The maximum absolute atomic E-state index is 12.9. The van der Waals surface area contributed by atoms with E-state index in [9.17, 15) is 19.0 Å². The van der Waals surface area contributed by atoms with E-state index in [-0.39, 0.29) is 25.6 Å². The summed E-state index contributed by atoms with van der Waals surface area (Å²) >= 11 is 0. The molecule has 2 atom stereocenters. The highest BCUT2D eigenvalue weighted by Crippen LogP contribution is 2.43. The van der Waals surface area contributed by atoms with E-state index < -0.39 is 26.5 Å². The summed E-state index contributed by atoms with van der Waals surface area (Å²) in [6.45, 7) is 4.35. The number of carbonyl (C=O) groups is 2. The molecule has 0 aliphatic rings. The second-order valence-corrected chi connectivity index (χ2v) is 24.6. The first-order valence-electron chi connectivity index (χ1n) is 32.8. The quantitative estimate of drug-likeness (QED) is 0.0211. The molecule has 0 saturated heterocycles. The van der Waals surface area contributed by atoms with Gasteiger partial charge in [-0.05, 0) is 70.6 Å². The maximum atomic E-state index is 12.9. The largest absolute Gasteiger partial charge is 0.472 e. The van der Waals surface area contributed by atoms with E-state index in [0.717, 1.165) is 89.9 Å². The van der Waals surface area contributed by atoms with E-state index in [2.05, 4.69) is 98.9 Å². The molecule has 0 bridgehead atoms. The summed E-state index contributed by atoms with van der Waals surface area (Å²) < 4.78 is 34.7. The van der Waals surface area contributed by atoms with Gasteiger partial charge in [-0.25, -0.2) is 4.57 Å². The number of carbonyl (C=O) groups excluding carboxylic acids is 2. The van der Waals surface area contributed by atoms with Crippen LogP contribution in [0.4, 0.5) is 0 Å². The normalized spacial score (nSPS) is 13.7. The molecule has 2 unspecified atom stereocenters. The average Bonchev–Trinajstić information content (AvgIpc) is 3.41. The number of rotatable bonds is 60. The van der Waals surface area contributed by atoms with Gasteiger partial charge in [0.25, 0.3) is 0 Å². The monoisotopic (exact) mass is 1130 g/mol. The first-order valence-corrected chi connectivity index (χ1v) is 34.3. The van der Waals surface area contributed by atoms with E-state index >= 15 is 0 Å². The van der Waals surface area contributed by atoms with Gasteiger partial charge in [-0.2, -0.15) is 0 Å². The third kappa shape index (κ3) is 64.2. The molecule has 0 fully saturated rings. The predicted molar refractivity (Wildman–Crippen MR) is 339 cm³/mol. The Hall–Kier alpha value is -2.81. The lowest BCUT2D eigenvalue weighted by atomic mass is 10.0. The minimum atomic E-state index is -4.39. The van der Waals surface area contributed by atoms with Crippen LogP contribution >= 0.6 is 7.82 Å². The fourth-order valence-corrected chi connectivity index (χ4v) is 9.92. The van der Waals surface area contributed by atoms with Crippen LogP contribution in [0.3, 0.4) is 0 Å². The first kappa shape index (κ1) is 76.2. The Labute approximate surface area is 488 Å². The Balaban J connectivity index is 4.10. The minimum Gasteiger partial charge on any atom is -0.462 e. The highest BCUT2D eigenvalue weighted by molar-refractivity contribution is 7.47. The van der Waals surface area contributed by atoms with Crippen molar-refractivity contribution in [2.45, 2.75) is 296 Å². The second kappa shape index (κ2) is 59.8. The van der Waals surface area contributed by atoms with Crippen LogP contribution in [0.15, 0.2) is 85.1 Å². The molecule has 458 valence electrons. The summed E-state index contributed by atoms with van der Waals surface area (Å²) in [7, 11) is 1.48. The summed E-state index contributed by atoms with van der Waals surface area (Å²) in [5.74, 6) is -0.791. The summed E-state index contributed by atoms with van der Waals surface area (Å²) in [5, 5.41) is 0. The minimum absolute atomic E-state index is 0.0298. The zero-order chi connectivity index (χ0) is 57.7. The summed E-state index contributed by atoms with van der Waals surface area (Å²) in [6.07, 6.45) is 80.9. The van der Waals surface area contributed by atoms with Gasteiger partial charge < -0.3 is 18.9 Å². The molecular weight excluding hydrogens is 1000 g/mol. The molecule has 0 spiro atoms. The van der Waals surface area contributed by atoms with Gasteiger partial charge in [-0.3, -0.25) is 18.6 Å². The van der Waals surface area contributed by atoms with Gasteiger partial charge in [0.15, 0.2) is 6.10 Å². The number of hydrogen-bond donors (Lipinski definition) is 1. The van der Waals surface area contributed by atoms with Crippen LogP contribution in [0.25, 0.3) is 0 Å². The number of ether oxygens (including phenoxy) is 2. The maximum Gasteiger partial charge on any atom is 0.472 e. The third-order valence-corrected chi connectivity index (χ3v) is 15.2. The SMILES string of the molecule is CC/C=C\C/C=C\C/C=C\C/C=C\C/C=C\C/C=C\C/C=C\CCCCCCCCCCCCCC(=O)OC(COC(=O)CCCCCCCCCCCCCCCCCCCCCCCC)COP(=O)(O)OCC[N+](C)(C)C. The Kier molecular flexibility index (Phi) is 57.7. The lowest BCUT2D eigenvalue weighted by molar-refractivity contribution is -0.870. The molecule has 0 saturated carbocycles. The molecule has 0 radical (unpaired) electrons. The van der Waals surface area contributed by atoms with Crippen molar-refractivity contribution in [3.63, 3.8) is 0 Å². The highest BCUT2D eigenvalue weighted by atomic mass is 31.2. The molecular formula is C69H125NO8P+. The van der Waals surface area contributed by atoms with Crippen molar-refractivity contribution in [3.8, 4) is 0 Å². The Morgan fingerprint density at radius 2 is 0.722 bits per heavy atom. The van der Waals surface area contributed by atoms with Crippen molar-refractivity contribution in [1.29, 1.82) is 0 Å². The number of quaternary nitrogens is 1. The van der Waals surface area contributed by atoms with Gasteiger partial charge >= 0.3 is 19.8 Å². The van der Waals surface area contributed by atoms with E-state index in [1.165, 1.54) is 167 Å². The average molecular weight is 1130 g/mol. The molecule has 0 amide bonds. The van der Waals surface area contributed by atoms with Crippen LogP contribution in [0.2, 0.25) is 0 Å². The molecule has 0 aliphatic carbocycles. The molecule has 0 aliphatic heterocycles. The van der Waals surface area contributed by atoms with E-state index in [1.54, 1.807) is 0 Å². The summed E-state index contributed by atoms with van der Waals surface area (Å²) in [6, 6.07) is 0. The number of esters is 2.